The Morgan fingerprint density at radius 3 is 1.93 bits per heavy atom. The molecule has 6 heteroatoms. The van der Waals surface area contributed by atoms with Crippen LogP contribution in [0.1, 0.15) is 20.7 Å². The monoisotopic (exact) mass is 188 g/mol. The molecule has 0 unspecified atom stereocenters. The van der Waals surface area contributed by atoms with Crippen LogP contribution >= 0.6 is 0 Å². The van der Waals surface area contributed by atoms with Crippen molar-refractivity contribution in [3.63, 3.8) is 0 Å². The molecule has 0 saturated carbocycles. The summed E-state index contributed by atoms with van der Waals surface area (Å²) in [6, 6.07) is 3.10. The van der Waals surface area contributed by atoms with Crippen LogP contribution in [0.4, 0.5) is 0 Å². The van der Waals surface area contributed by atoms with E-state index in [4.69, 9.17) is 0 Å². The second-order valence-electron chi connectivity index (χ2n) is 2.99. The lowest BCUT2D eigenvalue weighted by atomic mass is 10.1. The van der Waals surface area contributed by atoms with Crippen molar-refractivity contribution in [1.82, 2.24) is 20.7 Å². The average molecular weight is 188 g/mol. The molecule has 2 amide bonds. The Morgan fingerprint density at radius 2 is 1.43 bits per heavy atom. The van der Waals surface area contributed by atoms with Gasteiger partial charge in [0.25, 0.3) is 11.8 Å². The molecule has 68 valence electrons. The van der Waals surface area contributed by atoms with Gasteiger partial charge in [-0.3, -0.25) is 14.9 Å². The molecule has 0 atom stereocenters. The summed E-state index contributed by atoms with van der Waals surface area (Å²) in [4.78, 5) is 22.5. The minimum atomic E-state index is -0.380. The first-order valence-electron chi connectivity index (χ1n) is 3.96. The minimum Gasteiger partial charge on any atom is -0.288 e. The van der Waals surface area contributed by atoms with E-state index in [-0.39, 0.29) is 11.8 Å². The maximum Gasteiger partial charge on any atom is 0.259 e. The minimum absolute atomic E-state index is 0.358. The van der Waals surface area contributed by atoms with E-state index < -0.39 is 0 Å². The van der Waals surface area contributed by atoms with Gasteiger partial charge in [-0.15, -0.1) is 0 Å². The summed E-state index contributed by atoms with van der Waals surface area (Å²) in [5.41, 5.74) is 1.87. The Bertz CT molecular complexity index is 524. The van der Waals surface area contributed by atoms with Gasteiger partial charge in [-0.05, 0) is 12.1 Å². The Kier molecular flexibility index (Phi) is 1.11. The lowest BCUT2D eigenvalue weighted by Gasteiger charge is -1.91. The Hall–Kier alpha value is -2.24. The van der Waals surface area contributed by atoms with Gasteiger partial charge in [-0.25, -0.2) is 0 Å². The number of rotatable bonds is 0. The van der Waals surface area contributed by atoms with Gasteiger partial charge in [-0.2, -0.15) is 15.4 Å². The second kappa shape index (κ2) is 2.16. The van der Waals surface area contributed by atoms with Crippen LogP contribution < -0.4 is 5.32 Å². The molecule has 0 saturated heterocycles. The fourth-order valence-corrected chi connectivity index (χ4v) is 1.50. The van der Waals surface area contributed by atoms with Crippen LogP contribution in [0.2, 0.25) is 0 Å². The summed E-state index contributed by atoms with van der Waals surface area (Å²) in [5, 5.41) is 12.3. The van der Waals surface area contributed by atoms with Crippen LogP contribution in [0.15, 0.2) is 12.1 Å². The van der Waals surface area contributed by atoms with E-state index >= 15 is 0 Å². The number of fused-ring (bicyclic) bond motifs is 2. The third-order valence-electron chi connectivity index (χ3n) is 2.17. The summed E-state index contributed by atoms with van der Waals surface area (Å²) in [7, 11) is 0. The van der Waals surface area contributed by atoms with E-state index in [9.17, 15) is 9.59 Å². The molecule has 0 radical (unpaired) electrons. The van der Waals surface area contributed by atoms with Crippen molar-refractivity contribution in [3.8, 4) is 0 Å². The summed E-state index contributed by atoms with van der Waals surface area (Å²) in [5.74, 6) is -0.759. The molecule has 0 aliphatic carbocycles. The number of imide groups is 1. The summed E-state index contributed by atoms with van der Waals surface area (Å²) < 4.78 is 0. The van der Waals surface area contributed by atoms with Gasteiger partial charge in [-0.1, -0.05) is 0 Å². The van der Waals surface area contributed by atoms with Crippen molar-refractivity contribution < 1.29 is 9.59 Å². The molecule has 0 bridgehead atoms. The normalized spacial score (nSPS) is 14.6. The topological polar surface area (TPSA) is 87.7 Å². The molecule has 1 aliphatic heterocycles. The number of aromatic nitrogens is 3. The number of hydrogen-bond acceptors (Lipinski definition) is 4. The number of carbonyl (C=O) groups is 2. The van der Waals surface area contributed by atoms with Gasteiger partial charge >= 0.3 is 0 Å². The molecular formula is C8H4N4O2. The van der Waals surface area contributed by atoms with Gasteiger partial charge in [0.05, 0.1) is 11.1 Å². The standard InChI is InChI=1S/C8H4N4O2/c13-7-3-1-5-6(11-12-10-5)2-4(3)8(14)9-7/h1-2H,(H,9,13,14)(H,10,11,12). The fourth-order valence-electron chi connectivity index (χ4n) is 1.50. The zero-order valence-corrected chi connectivity index (χ0v) is 6.87. The highest BCUT2D eigenvalue weighted by atomic mass is 16.2. The van der Waals surface area contributed by atoms with Crippen molar-refractivity contribution in [2.75, 3.05) is 0 Å². The molecule has 1 aromatic heterocycles. The third kappa shape index (κ3) is 0.743. The Labute approximate surface area is 77.3 Å². The number of nitrogens with one attached hydrogen (secondary N) is 2. The van der Waals surface area contributed by atoms with Gasteiger partial charge in [0.1, 0.15) is 11.0 Å². The fraction of sp³-hybridized carbons (Fsp3) is 0. The van der Waals surface area contributed by atoms with E-state index in [1.807, 2.05) is 0 Å². The van der Waals surface area contributed by atoms with E-state index in [1.54, 1.807) is 12.1 Å². The van der Waals surface area contributed by atoms with Gasteiger partial charge in [0, 0.05) is 0 Å². The lowest BCUT2D eigenvalue weighted by molar-refractivity contribution is 0.0879. The summed E-state index contributed by atoms with van der Waals surface area (Å²) >= 11 is 0. The second-order valence-corrected chi connectivity index (χ2v) is 2.99. The summed E-state index contributed by atoms with van der Waals surface area (Å²) in [6.07, 6.45) is 0. The average Bonchev–Trinajstić information content (AvgIpc) is 2.70. The number of carbonyl (C=O) groups excluding carboxylic acids is 2. The lowest BCUT2D eigenvalue weighted by Crippen LogP contribution is -2.19. The maximum absolute atomic E-state index is 11.3. The zero-order chi connectivity index (χ0) is 9.71. The van der Waals surface area contributed by atoms with Crippen molar-refractivity contribution in [3.05, 3.63) is 23.3 Å². The van der Waals surface area contributed by atoms with Gasteiger partial charge < -0.3 is 0 Å². The molecule has 1 aromatic carbocycles. The van der Waals surface area contributed by atoms with Gasteiger partial charge in [0.15, 0.2) is 0 Å². The maximum atomic E-state index is 11.3. The number of hydrogen-bond donors (Lipinski definition) is 2. The number of benzene rings is 1. The molecule has 2 aromatic rings. The molecule has 0 spiro atoms. The van der Waals surface area contributed by atoms with Crippen LogP contribution in [-0.2, 0) is 0 Å². The molecule has 3 rings (SSSR count). The molecule has 2 heterocycles. The van der Waals surface area contributed by atoms with Crippen LogP contribution in [-0.4, -0.2) is 27.2 Å². The molecule has 1 aliphatic rings. The van der Waals surface area contributed by atoms with Crippen LogP contribution in [0, 0.1) is 0 Å². The summed E-state index contributed by atoms with van der Waals surface area (Å²) in [6.45, 7) is 0. The molecule has 2 N–H and O–H groups in total. The van der Waals surface area contributed by atoms with Crippen molar-refractivity contribution in [2.45, 2.75) is 0 Å². The smallest absolute Gasteiger partial charge is 0.259 e. The number of nitrogens with zero attached hydrogens (tertiary/aromatic N) is 2. The van der Waals surface area contributed by atoms with Crippen LogP contribution in [0.5, 0.6) is 0 Å². The van der Waals surface area contributed by atoms with E-state index in [1.165, 1.54) is 0 Å². The molecule has 0 fully saturated rings. The Balaban J connectivity index is 2.43. The molecule has 6 nitrogen and oxygen atoms in total. The van der Waals surface area contributed by atoms with E-state index in [0.717, 1.165) is 0 Å². The number of H-pyrrole nitrogens is 1. The first-order chi connectivity index (χ1) is 6.75. The quantitative estimate of drug-likeness (QED) is 0.562. The van der Waals surface area contributed by atoms with Crippen molar-refractivity contribution >= 4 is 22.8 Å². The highest BCUT2D eigenvalue weighted by Crippen LogP contribution is 2.20. The molecular weight excluding hydrogens is 184 g/mol. The highest BCUT2D eigenvalue weighted by Gasteiger charge is 2.27. The molecule has 14 heavy (non-hydrogen) atoms. The highest BCUT2D eigenvalue weighted by molar-refractivity contribution is 6.22. The number of aromatic amines is 1. The first kappa shape index (κ1) is 7.19. The van der Waals surface area contributed by atoms with Crippen molar-refractivity contribution in [1.29, 1.82) is 0 Å². The van der Waals surface area contributed by atoms with Crippen LogP contribution in [0.25, 0.3) is 11.0 Å². The first-order valence-corrected chi connectivity index (χ1v) is 3.96. The predicted octanol–water partition coefficient (Wildman–Crippen LogP) is -0.159. The van der Waals surface area contributed by atoms with E-state index in [2.05, 4.69) is 20.7 Å². The van der Waals surface area contributed by atoms with Crippen LogP contribution in [0.3, 0.4) is 0 Å². The SMILES string of the molecule is O=C1NC(=O)c2cc3n[nH]nc3cc21. The Morgan fingerprint density at radius 1 is 0.929 bits per heavy atom. The van der Waals surface area contributed by atoms with Gasteiger partial charge in [0.2, 0.25) is 0 Å². The van der Waals surface area contributed by atoms with E-state index in [0.29, 0.717) is 22.2 Å². The van der Waals surface area contributed by atoms with Crippen molar-refractivity contribution in [2.24, 2.45) is 0 Å². The third-order valence-corrected chi connectivity index (χ3v) is 2.17. The largest absolute Gasteiger partial charge is 0.288 e. The zero-order valence-electron chi connectivity index (χ0n) is 6.87. The number of amides is 2. The predicted molar refractivity (Wildman–Crippen MR) is 45.7 cm³/mol.